The normalized spacial score (nSPS) is 20.2. The Kier molecular flexibility index (Phi) is 4.90. The van der Waals surface area contributed by atoms with Crippen molar-refractivity contribution in [1.82, 2.24) is 4.90 Å². The molecule has 1 N–H and O–H groups in total. The van der Waals surface area contributed by atoms with Crippen molar-refractivity contribution in [2.45, 2.75) is 19.3 Å². The average molecular weight is 247 g/mol. The van der Waals surface area contributed by atoms with E-state index in [-0.39, 0.29) is 12.4 Å². The molecule has 0 radical (unpaired) electrons. The molecule has 1 aliphatic rings. The lowest BCUT2D eigenvalue weighted by Gasteiger charge is -2.14. The summed E-state index contributed by atoms with van der Waals surface area (Å²) in [6, 6.07) is 9.90. The number of aliphatic hydroxyl groups excluding tert-OH is 1. The Bertz CT molecular complexity index is 377. The van der Waals surface area contributed by atoms with E-state index in [1.54, 1.807) is 0 Å². The summed E-state index contributed by atoms with van der Waals surface area (Å²) in [6.07, 6.45) is 2.50. The topological polar surface area (TPSA) is 40.5 Å². The van der Waals surface area contributed by atoms with Gasteiger partial charge in [0.1, 0.15) is 0 Å². The number of hydrogen-bond donors (Lipinski definition) is 1. The summed E-state index contributed by atoms with van der Waals surface area (Å²) in [7, 11) is 0. The van der Waals surface area contributed by atoms with Gasteiger partial charge in [-0.3, -0.25) is 9.69 Å². The van der Waals surface area contributed by atoms with Crippen molar-refractivity contribution < 1.29 is 9.90 Å². The van der Waals surface area contributed by atoms with E-state index in [4.69, 9.17) is 5.11 Å². The molecule has 0 aliphatic carbocycles. The fraction of sp³-hybridized carbons (Fsp3) is 0.533. The number of carbonyl (C=O) groups excluding carboxylic acids is 1. The van der Waals surface area contributed by atoms with Gasteiger partial charge in [0.2, 0.25) is 0 Å². The lowest BCUT2D eigenvalue weighted by molar-refractivity contribution is -0.119. The summed E-state index contributed by atoms with van der Waals surface area (Å²) >= 11 is 0. The number of likely N-dealkylation sites (tertiary alicyclic amines) is 1. The minimum absolute atomic E-state index is 0.260. The summed E-state index contributed by atoms with van der Waals surface area (Å²) in [6.45, 7) is 2.76. The first-order valence-corrected chi connectivity index (χ1v) is 6.67. The highest BCUT2D eigenvalue weighted by atomic mass is 16.3. The van der Waals surface area contributed by atoms with Crippen LogP contribution in [0.15, 0.2) is 30.3 Å². The SMILES string of the molecule is O=C(Cc1ccccc1)CN1CCC(CCO)C1. The van der Waals surface area contributed by atoms with Crippen molar-refractivity contribution >= 4 is 5.78 Å². The molecule has 0 saturated carbocycles. The molecule has 1 aromatic rings. The fourth-order valence-corrected chi connectivity index (χ4v) is 2.60. The van der Waals surface area contributed by atoms with Crippen molar-refractivity contribution in [3.63, 3.8) is 0 Å². The van der Waals surface area contributed by atoms with E-state index in [0.29, 0.717) is 18.9 Å². The lowest BCUT2D eigenvalue weighted by atomic mass is 10.1. The lowest BCUT2D eigenvalue weighted by Crippen LogP contribution is -2.28. The highest BCUT2D eigenvalue weighted by Crippen LogP contribution is 2.18. The maximum absolute atomic E-state index is 11.9. The maximum Gasteiger partial charge on any atom is 0.151 e. The van der Waals surface area contributed by atoms with Gasteiger partial charge in [0.05, 0.1) is 6.54 Å². The Balaban J connectivity index is 1.75. The predicted molar refractivity (Wildman–Crippen MR) is 71.4 cm³/mol. The third kappa shape index (κ3) is 3.93. The second-order valence-electron chi connectivity index (χ2n) is 5.10. The van der Waals surface area contributed by atoms with Crippen LogP contribution >= 0.6 is 0 Å². The molecule has 1 atom stereocenters. The van der Waals surface area contributed by atoms with Crippen molar-refractivity contribution in [2.75, 3.05) is 26.2 Å². The molecule has 0 bridgehead atoms. The molecule has 1 unspecified atom stereocenters. The van der Waals surface area contributed by atoms with Crippen LogP contribution in [0.3, 0.4) is 0 Å². The molecular weight excluding hydrogens is 226 g/mol. The van der Waals surface area contributed by atoms with Gasteiger partial charge < -0.3 is 5.11 Å². The van der Waals surface area contributed by atoms with Crippen LogP contribution in [0, 0.1) is 5.92 Å². The molecule has 0 spiro atoms. The van der Waals surface area contributed by atoms with E-state index in [1.807, 2.05) is 30.3 Å². The molecule has 1 saturated heterocycles. The first-order chi connectivity index (χ1) is 8.78. The van der Waals surface area contributed by atoms with E-state index < -0.39 is 0 Å². The molecule has 98 valence electrons. The first-order valence-electron chi connectivity index (χ1n) is 6.67. The van der Waals surface area contributed by atoms with Crippen LogP contribution in [0.4, 0.5) is 0 Å². The number of hydrogen-bond acceptors (Lipinski definition) is 3. The number of ketones is 1. The van der Waals surface area contributed by atoms with E-state index >= 15 is 0 Å². The van der Waals surface area contributed by atoms with Crippen molar-refractivity contribution in [3.8, 4) is 0 Å². The summed E-state index contributed by atoms with van der Waals surface area (Å²) in [5.74, 6) is 0.852. The molecule has 1 aliphatic heterocycles. The molecule has 1 heterocycles. The van der Waals surface area contributed by atoms with Crippen molar-refractivity contribution in [2.24, 2.45) is 5.92 Å². The number of rotatable bonds is 6. The molecule has 1 aromatic carbocycles. The van der Waals surface area contributed by atoms with Crippen LogP contribution in [0.2, 0.25) is 0 Å². The molecule has 3 heteroatoms. The molecular formula is C15H21NO2. The van der Waals surface area contributed by atoms with Gasteiger partial charge in [0.25, 0.3) is 0 Å². The van der Waals surface area contributed by atoms with Gasteiger partial charge in [-0.05, 0) is 30.9 Å². The predicted octanol–water partition coefficient (Wildman–Crippen LogP) is 1.50. The largest absolute Gasteiger partial charge is 0.396 e. The number of Topliss-reactive ketones (excluding diaryl/α,β-unsaturated/α-hetero) is 1. The fourth-order valence-electron chi connectivity index (χ4n) is 2.60. The van der Waals surface area contributed by atoms with Gasteiger partial charge in [-0.15, -0.1) is 0 Å². The maximum atomic E-state index is 11.9. The molecule has 0 aromatic heterocycles. The van der Waals surface area contributed by atoms with Gasteiger partial charge in [-0.2, -0.15) is 0 Å². The highest BCUT2D eigenvalue weighted by Gasteiger charge is 2.23. The van der Waals surface area contributed by atoms with Crippen LogP contribution in [0.1, 0.15) is 18.4 Å². The van der Waals surface area contributed by atoms with Crippen molar-refractivity contribution in [1.29, 1.82) is 0 Å². The number of benzene rings is 1. The zero-order valence-corrected chi connectivity index (χ0v) is 10.7. The summed E-state index contributed by atoms with van der Waals surface area (Å²) in [5, 5.41) is 8.90. The Hall–Kier alpha value is -1.19. The van der Waals surface area contributed by atoms with Crippen molar-refractivity contribution in [3.05, 3.63) is 35.9 Å². The van der Waals surface area contributed by atoms with E-state index in [9.17, 15) is 4.79 Å². The minimum Gasteiger partial charge on any atom is -0.396 e. The summed E-state index contributed by atoms with van der Waals surface area (Å²) < 4.78 is 0. The minimum atomic E-state index is 0.260. The molecule has 18 heavy (non-hydrogen) atoms. The van der Waals surface area contributed by atoms with Gasteiger partial charge in [0, 0.05) is 19.6 Å². The van der Waals surface area contributed by atoms with Gasteiger partial charge in [0.15, 0.2) is 5.78 Å². The first kappa shape index (κ1) is 13.2. The van der Waals surface area contributed by atoms with Crippen LogP contribution < -0.4 is 0 Å². The summed E-state index contributed by atoms with van der Waals surface area (Å²) in [5.41, 5.74) is 1.09. The van der Waals surface area contributed by atoms with Gasteiger partial charge >= 0.3 is 0 Å². The quantitative estimate of drug-likeness (QED) is 0.828. The summed E-state index contributed by atoms with van der Waals surface area (Å²) in [4.78, 5) is 14.2. The Morgan fingerprint density at radius 1 is 1.33 bits per heavy atom. The monoisotopic (exact) mass is 247 g/mol. The Morgan fingerprint density at radius 3 is 2.83 bits per heavy atom. The second-order valence-corrected chi connectivity index (χ2v) is 5.10. The third-order valence-electron chi connectivity index (χ3n) is 3.55. The van der Waals surface area contributed by atoms with E-state index in [0.717, 1.165) is 31.5 Å². The van der Waals surface area contributed by atoms with Gasteiger partial charge in [-0.1, -0.05) is 30.3 Å². The molecule has 1 fully saturated rings. The number of nitrogens with zero attached hydrogens (tertiary/aromatic N) is 1. The molecule has 0 amide bonds. The smallest absolute Gasteiger partial charge is 0.151 e. The second kappa shape index (κ2) is 6.66. The Labute approximate surface area is 108 Å². The van der Waals surface area contributed by atoms with Gasteiger partial charge in [-0.25, -0.2) is 0 Å². The van der Waals surface area contributed by atoms with Crippen LogP contribution in [-0.2, 0) is 11.2 Å². The standard InChI is InChI=1S/C15H21NO2/c17-9-7-14-6-8-16(11-14)12-15(18)10-13-4-2-1-3-5-13/h1-5,14,17H,6-12H2. The van der Waals surface area contributed by atoms with E-state index in [2.05, 4.69) is 4.90 Å². The van der Waals surface area contributed by atoms with E-state index in [1.165, 1.54) is 0 Å². The number of carbonyl (C=O) groups is 1. The number of aliphatic hydroxyl groups is 1. The zero-order chi connectivity index (χ0) is 12.8. The zero-order valence-electron chi connectivity index (χ0n) is 10.7. The molecule has 2 rings (SSSR count). The third-order valence-corrected chi connectivity index (χ3v) is 3.55. The highest BCUT2D eigenvalue weighted by molar-refractivity contribution is 5.82. The Morgan fingerprint density at radius 2 is 2.11 bits per heavy atom. The van der Waals surface area contributed by atoms with Crippen LogP contribution in [0.5, 0.6) is 0 Å². The van der Waals surface area contributed by atoms with Crippen LogP contribution in [-0.4, -0.2) is 42.0 Å². The molecule has 3 nitrogen and oxygen atoms in total. The average Bonchev–Trinajstić information content (AvgIpc) is 2.78. The van der Waals surface area contributed by atoms with Crippen LogP contribution in [0.25, 0.3) is 0 Å².